The first-order valence-corrected chi connectivity index (χ1v) is 16.8. The molecule has 1 saturated carbocycles. The minimum atomic E-state index is -0.707. The molecule has 0 unspecified atom stereocenters. The van der Waals surface area contributed by atoms with Crippen molar-refractivity contribution in [3.63, 3.8) is 0 Å². The first-order valence-electron chi connectivity index (χ1n) is 15.9. The fraction of sp³-hybridized carbons (Fsp3) is 0.412. The summed E-state index contributed by atoms with van der Waals surface area (Å²) < 4.78 is 21.7. The van der Waals surface area contributed by atoms with Gasteiger partial charge in [-0.1, -0.05) is 18.9 Å². The Labute approximate surface area is 271 Å². The van der Waals surface area contributed by atoms with E-state index in [0.717, 1.165) is 104 Å². The predicted octanol–water partition coefficient (Wildman–Crippen LogP) is 6.73. The fourth-order valence-corrected chi connectivity index (χ4v) is 6.58. The monoisotopic (exact) mass is 646 g/mol. The van der Waals surface area contributed by atoms with Crippen molar-refractivity contribution in [3.05, 3.63) is 66.2 Å². The Kier molecular flexibility index (Phi) is 10.4. The van der Waals surface area contributed by atoms with Crippen LogP contribution >= 0.6 is 11.3 Å². The molecule has 0 atom stereocenters. The van der Waals surface area contributed by atoms with E-state index in [9.17, 15) is 14.0 Å². The fourth-order valence-electron chi connectivity index (χ4n) is 5.54. The zero-order chi connectivity index (χ0) is 31.9. The van der Waals surface area contributed by atoms with Gasteiger partial charge < -0.3 is 25.4 Å². The van der Waals surface area contributed by atoms with Crippen molar-refractivity contribution in [1.82, 2.24) is 25.1 Å². The number of carboxylic acid groups (broad SMARTS) is 1. The highest BCUT2D eigenvalue weighted by molar-refractivity contribution is 7.22. The summed E-state index contributed by atoms with van der Waals surface area (Å²) in [7, 11) is 0. The molecule has 1 aromatic carbocycles. The number of benzene rings is 1. The lowest BCUT2D eigenvalue weighted by Gasteiger charge is -2.34. The lowest BCUT2D eigenvalue weighted by molar-refractivity contribution is -0.137. The van der Waals surface area contributed by atoms with Crippen molar-refractivity contribution in [2.75, 3.05) is 38.0 Å². The van der Waals surface area contributed by atoms with E-state index >= 15 is 0 Å². The second-order valence-corrected chi connectivity index (χ2v) is 13.0. The van der Waals surface area contributed by atoms with Crippen LogP contribution in [-0.4, -0.2) is 75.6 Å². The van der Waals surface area contributed by atoms with Crippen LogP contribution in [0.15, 0.2) is 54.9 Å². The van der Waals surface area contributed by atoms with Gasteiger partial charge in [-0.3, -0.25) is 19.7 Å². The summed E-state index contributed by atoms with van der Waals surface area (Å²) >= 11 is 1.50. The number of thiophene rings is 1. The molecule has 4 heterocycles. The van der Waals surface area contributed by atoms with Crippen molar-refractivity contribution in [1.29, 1.82) is 0 Å². The minimum Gasteiger partial charge on any atom is -0.481 e. The molecule has 0 radical (unpaired) electrons. The quantitative estimate of drug-likeness (QED) is 0.129. The number of urea groups is 1. The standard InChI is InChI=1S/C34H39FN6O4S/c35-26-19-25(39-34(44)38-24-7-8-24)9-11-29(26)45-30-12-13-36-28-20-31(46-33(28)30)27-10-6-23(21-37-27)22-41-17-15-40(16-18-41)14-4-2-1-3-5-32(42)43/h6,9-13,19-21,24H,1-5,7-8,14-18,22H2,(H,42,43)(H2,38,39,44). The van der Waals surface area contributed by atoms with Crippen LogP contribution in [0.25, 0.3) is 20.8 Å². The Hall–Kier alpha value is -4.13. The molecule has 0 spiro atoms. The molecular weight excluding hydrogens is 607 g/mol. The average molecular weight is 647 g/mol. The number of aromatic nitrogens is 2. The van der Waals surface area contributed by atoms with Gasteiger partial charge in [0, 0.05) is 75.4 Å². The van der Waals surface area contributed by atoms with Crippen LogP contribution in [0.3, 0.4) is 0 Å². The number of fused-ring (bicyclic) bond motifs is 1. The third-order valence-corrected chi connectivity index (χ3v) is 9.42. The SMILES string of the molecule is O=C(O)CCCCCCN1CCN(Cc2ccc(-c3cc4nccc(Oc5ccc(NC(=O)NC6CC6)cc5F)c4s3)nc2)CC1. The summed E-state index contributed by atoms with van der Waals surface area (Å²) in [6, 6.07) is 12.1. The molecule has 2 aliphatic rings. The molecule has 0 bridgehead atoms. The van der Waals surface area contributed by atoms with Crippen LogP contribution in [-0.2, 0) is 11.3 Å². The van der Waals surface area contributed by atoms with Crippen LogP contribution in [0.4, 0.5) is 14.9 Å². The molecule has 1 saturated heterocycles. The van der Waals surface area contributed by atoms with Gasteiger partial charge >= 0.3 is 12.0 Å². The maximum Gasteiger partial charge on any atom is 0.319 e. The highest BCUT2D eigenvalue weighted by atomic mass is 32.1. The summed E-state index contributed by atoms with van der Waals surface area (Å²) in [4.78, 5) is 37.8. The van der Waals surface area contributed by atoms with E-state index in [1.54, 1.807) is 18.3 Å². The number of piperazine rings is 1. The Morgan fingerprint density at radius 1 is 0.957 bits per heavy atom. The van der Waals surface area contributed by atoms with Gasteiger partial charge in [0.15, 0.2) is 11.6 Å². The minimum absolute atomic E-state index is 0.0619. The number of pyridine rings is 2. The molecule has 12 heteroatoms. The van der Waals surface area contributed by atoms with E-state index in [0.29, 0.717) is 11.4 Å². The van der Waals surface area contributed by atoms with Crippen LogP contribution in [0.2, 0.25) is 0 Å². The van der Waals surface area contributed by atoms with Crippen molar-refractivity contribution in [2.45, 2.75) is 57.5 Å². The molecular formula is C34H39FN6O4S. The summed E-state index contributed by atoms with van der Waals surface area (Å²) in [5.41, 5.74) is 3.11. The zero-order valence-corrected chi connectivity index (χ0v) is 26.5. The van der Waals surface area contributed by atoms with Gasteiger partial charge in [0.2, 0.25) is 0 Å². The van der Waals surface area contributed by atoms with E-state index in [-0.39, 0.29) is 24.2 Å². The van der Waals surface area contributed by atoms with E-state index < -0.39 is 11.8 Å². The number of halogens is 1. The van der Waals surface area contributed by atoms with Crippen LogP contribution < -0.4 is 15.4 Å². The smallest absolute Gasteiger partial charge is 0.319 e. The summed E-state index contributed by atoms with van der Waals surface area (Å²) in [6.07, 6.45) is 9.75. The lowest BCUT2D eigenvalue weighted by atomic mass is 10.1. The molecule has 2 fully saturated rings. The highest BCUT2D eigenvalue weighted by Gasteiger charge is 2.23. The second kappa shape index (κ2) is 15.0. The zero-order valence-electron chi connectivity index (χ0n) is 25.7. The molecule has 6 rings (SSSR count). The van der Waals surface area contributed by atoms with Gasteiger partial charge in [0.1, 0.15) is 5.75 Å². The van der Waals surface area contributed by atoms with Crippen molar-refractivity contribution in [3.8, 4) is 22.1 Å². The number of amides is 2. The van der Waals surface area contributed by atoms with E-state index in [4.69, 9.17) is 14.8 Å². The number of ether oxygens (including phenoxy) is 1. The Morgan fingerprint density at radius 2 is 1.76 bits per heavy atom. The third-order valence-electron chi connectivity index (χ3n) is 8.26. The molecule has 2 amide bonds. The first-order chi connectivity index (χ1) is 22.4. The van der Waals surface area contributed by atoms with Crippen molar-refractivity contribution in [2.24, 2.45) is 0 Å². The molecule has 10 nitrogen and oxygen atoms in total. The van der Waals surface area contributed by atoms with E-state index in [1.165, 1.54) is 23.5 Å². The van der Waals surface area contributed by atoms with Gasteiger partial charge in [-0.2, -0.15) is 0 Å². The number of unbranched alkanes of at least 4 members (excludes halogenated alkanes) is 3. The maximum atomic E-state index is 14.9. The van der Waals surface area contributed by atoms with Crippen molar-refractivity contribution < 1.29 is 23.8 Å². The number of rotatable bonds is 14. The highest BCUT2D eigenvalue weighted by Crippen LogP contribution is 2.39. The molecule has 1 aliphatic heterocycles. The number of hydrogen-bond acceptors (Lipinski definition) is 8. The summed E-state index contributed by atoms with van der Waals surface area (Å²) in [5, 5.41) is 14.2. The molecule has 4 aromatic rings. The van der Waals surface area contributed by atoms with Crippen molar-refractivity contribution >= 4 is 39.2 Å². The molecule has 1 aliphatic carbocycles. The number of anilines is 1. The second-order valence-electron chi connectivity index (χ2n) is 12.0. The number of carbonyl (C=O) groups excluding carboxylic acids is 1. The average Bonchev–Trinajstić information content (AvgIpc) is 3.74. The molecule has 3 aromatic heterocycles. The molecule has 242 valence electrons. The first kappa shape index (κ1) is 31.8. The Morgan fingerprint density at radius 3 is 2.50 bits per heavy atom. The number of nitrogens with one attached hydrogen (secondary N) is 2. The van der Waals surface area contributed by atoms with Gasteiger partial charge in [0.05, 0.1) is 20.8 Å². The lowest BCUT2D eigenvalue weighted by Crippen LogP contribution is -2.46. The Balaban J connectivity index is 1.01. The number of aliphatic carboxylic acids is 1. The normalized spacial score (nSPS) is 15.6. The summed E-state index contributed by atoms with van der Waals surface area (Å²) in [5.74, 6) is -0.718. The van der Waals surface area contributed by atoms with E-state index in [2.05, 4.69) is 31.5 Å². The third kappa shape index (κ3) is 8.77. The largest absolute Gasteiger partial charge is 0.481 e. The number of carboxylic acids is 1. The van der Waals surface area contributed by atoms with Crippen LogP contribution in [0.5, 0.6) is 11.5 Å². The molecule has 3 N–H and O–H groups in total. The van der Waals surface area contributed by atoms with Gasteiger partial charge in [-0.15, -0.1) is 11.3 Å². The van der Waals surface area contributed by atoms with E-state index in [1.807, 2.05) is 18.3 Å². The number of nitrogens with zero attached hydrogens (tertiary/aromatic N) is 4. The summed E-state index contributed by atoms with van der Waals surface area (Å²) in [6.45, 7) is 6.05. The Bertz CT molecular complexity index is 1650. The van der Waals surface area contributed by atoms with Gasteiger partial charge in [0.25, 0.3) is 0 Å². The number of carbonyl (C=O) groups is 2. The number of hydrogen-bond donors (Lipinski definition) is 3. The van der Waals surface area contributed by atoms with Gasteiger partial charge in [-0.25, -0.2) is 9.18 Å². The predicted molar refractivity (Wildman–Crippen MR) is 177 cm³/mol. The topological polar surface area (TPSA) is 120 Å². The van der Waals surface area contributed by atoms with Crippen LogP contribution in [0, 0.1) is 5.82 Å². The molecule has 46 heavy (non-hydrogen) atoms. The van der Waals surface area contributed by atoms with Crippen LogP contribution in [0.1, 0.15) is 50.5 Å². The van der Waals surface area contributed by atoms with Gasteiger partial charge in [-0.05, 0) is 62.1 Å². The maximum absolute atomic E-state index is 14.9.